The van der Waals surface area contributed by atoms with Crippen molar-refractivity contribution in [3.63, 3.8) is 0 Å². The quantitative estimate of drug-likeness (QED) is 0.631. The molecule has 0 aliphatic carbocycles. The zero-order valence-corrected chi connectivity index (χ0v) is 12.3. The first-order valence-electron chi connectivity index (χ1n) is 6.29. The van der Waals surface area contributed by atoms with E-state index in [1.54, 1.807) is 30.3 Å². The minimum Gasteiger partial charge on any atom is -0.258 e. The van der Waals surface area contributed by atoms with Gasteiger partial charge in [-0.05, 0) is 23.8 Å². The van der Waals surface area contributed by atoms with E-state index in [0.29, 0.717) is 10.6 Å². The lowest BCUT2D eigenvalue weighted by molar-refractivity contribution is -0.385. The van der Waals surface area contributed by atoms with Crippen LogP contribution in [0.3, 0.4) is 0 Å². The Balaban J connectivity index is 2.71. The SMILES string of the molecule is N#Cc1cc(C(C#N)c2ccc(Cl)cc2)c([N+](=O)[O-])cc1C#N. The number of nitro benzene ring substituents is 1. The Bertz CT molecular complexity index is 902. The molecule has 0 fully saturated rings. The maximum absolute atomic E-state index is 11.3. The Hall–Kier alpha value is -3.40. The molecule has 0 spiro atoms. The third-order valence-corrected chi connectivity index (χ3v) is 3.50. The Labute approximate surface area is 136 Å². The molecule has 0 radical (unpaired) electrons. The molecule has 0 aliphatic heterocycles. The first-order valence-corrected chi connectivity index (χ1v) is 6.67. The number of hydrogen-bond acceptors (Lipinski definition) is 5. The van der Waals surface area contributed by atoms with E-state index in [4.69, 9.17) is 22.1 Å². The van der Waals surface area contributed by atoms with Crippen LogP contribution in [0.15, 0.2) is 36.4 Å². The monoisotopic (exact) mass is 322 g/mol. The molecule has 23 heavy (non-hydrogen) atoms. The topological polar surface area (TPSA) is 115 Å². The molecule has 0 amide bonds. The van der Waals surface area contributed by atoms with E-state index in [1.165, 1.54) is 6.07 Å². The number of hydrogen-bond donors (Lipinski definition) is 0. The summed E-state index contributed by atoms with van der Waals surface area (Å²) in [6.07, 6.45) is 0. The molecule has 2 rings (SSSR count). The summed E-state index contributed by atoms with van der Waals surface area (Å²) >= 11 is 5.80. The van der Waals surface area contributed by atoms with Gasteiger partial charge in [-0.1, -0.05) is 23.7 Å². The van der Waals surface area contributed by atoms with E-state index in [9.17, 15) is 15.4 Å². The van der Waals surface area contributed by atoms with Gasteiger partial charge in [-0.25, -0.2) is 0 Å². The van der Waals surface area contributed by atoms with Crippen LogP contribution in [-0.4, -0.2) is 4.92 Å². The third-order valence-electron chi connectivity index (χ3n) is 3.25. The van der Waals surface area contributed by atoms with Crippen molar-refractivity contribution in [1.82, 2.24) is 0 Å². The number of nitriles is 3. The summed E-state index contributed by atoms with van der Waals surface area (Å²) in [5, 5.41) is 39.3. The number of nitro groups is 1. The average Bonchev–Trinajstić information content (AvgIpc) is 2.56. The van der Waals surface area contributed by atoms with Crippen LogP contribution >= 0.6 is 11.6 Å². The lowest BCUT2D eigenvalue weighted by atomic mass is 9.89. The second kappa shape index (κ2) is 6.58. The second-order valence-corrected chi connectivity index (χ2v) is 4.99. The van der Waals surface area contributed by atoms with Gasteiger partial charge in [-0.15, -0.1) is 0 Å². The smallest absolute Gasteiger partial charge is 0.258 e. The maximum atomic E-state index is 11.3. The van der Waals surface area contributed by atoms with Gasteiger partial charge in [0.2, 0.25) is 0 Å². The van der Waals surface area contributed by atoms with Crippen LogP contribution in [0.25, 0.3) is 0 Å². The van der Waals surface area contributed by atoms with Crippen molar-refractivity contribution in [2.24, 2.45) is 0 Å². The molecular weight excluding hydrogens is 316 g/mol. The Morgan fingerprint density at radius 1 is 1.04 bits per heavy atom. The van der Waals surface area contributed by atoms with E-state index in [0.717, 1.165) is 6.07 Å². The molecule has 6 nitrogen and oxygen atoms in total. The summed E-state index contributed by atoms with van der Waals surface area (Å²) in [7, 11) is 0. The summed E-state index contributed by atoms with van der Waals surface area (Å²) in [6.45, 7) is 0. The standard InChI is InChI=1S/C16H7ClN4O2/c17-13-3-1-10(2-4-13)15(9-20)14-5-11(7-18)12(8-19)6-16(14)21(22)23/h1-6,15H. The van der Waals surface area contributed by atoms with Gasteiger partial charge in [0.15, 0.2) is 0 Å². The van der Waals surface area contributed by atoms with E-state index in [-0.39, 0.29) is 22.4 Å². The van der Waals surface area contributed by atoms with Crippen LogP contribution in [0.2, 0.25) is 5.02 Å². The highest BCUT2D eigenvalue weighted by atomic mass is 35.5. The van der Waals surface area contributed by atoms with Crippen molar-refractivity contribution in [2.45, 2.75) is 5.92 Å². The number of benzene rings is 2. The summed E-state index contributed by atoms with van der Waals surface area (Å²) in [6, 6.07) is 14.1. The van der Waals surface area contributed by atoms with E-state index in [2.05, 4.69) is 0 Å². The molecule has 2 aromatic carbocycles. The summed E-state index contributed by atoms with van der Waals surface area (Å²) in [5.74, 6) is -0.951. The van der Waals surface area contributed by atoms with Crippen molar-refractivity contribution in [1.29, 1.82) is 15.8 Å². The van der Waals surface area contributed by atoms with Gasteiger partial charge in [0, 0.05) is 11.1 Å². The maximum Gasteiger partial charge on any atom is 0.275 e. The van der Waals surface area contributed by atoms with Crippen LogP contribution < -0.4 is 0 Å². The number of halogens is 1. The van der Waals surface area contributed by atoms with Crippen LogP contribution in [-0.2, 0) is 0 Å². The zero-order chi connectivity index (χ0) is 17.0. The number of rotatable bonds is 3. The van der Waals surface area contributed by atoms with Gasteiger partial charge in [-0.2, -0.15) is 15.8 Å². The molecule has 110 valence electrons. The molecule has 0 bridgehead atoms. The van der Waals surface area contributed by atoms with Gasteiger partial charge in [-0.3, -0.25) is 10.1 Å². The van der Waals surface area contributed by atoms with Crippen LogP contribution in [0, 0.1) is 44.1 Å². The van der Waals surface area contributed by atoms with Crippen LogP contribution in [0.1, 0.15) is 28.2 Å². The normalized spacial score (nSPS) is 10.9. The first-order chi connectivity index (χ1) is 11.0. The number of nitrogens with zero attached hydrogens (tertiary/aromatic N) is 4. The highest BCUT2D eigenvalue weighted by Gasteiger charge is 2.26. The Morgan fingerprint density at radius 2 is 1.61 bits per heavy atom. The minimum absolute atomic E-state index is 0.0117. The predicted octanol–water partition coefficient (Wildman–Crippen LogP) is 3.65. The van der Waals surface area contributed by atoms with Crippen LogP contribution in [0.4, 0.5) is 5.69 Å². The highest BCUT2D eigenvalue weighted by molar-refractivity contribution is 6.30. The van der Waals surface area contributed by atoms with Crippen molar-refractivity contribution < 1.29 is 4.92 Å². The summed E-state index contributed by atoms with van der Waals surface area (Å²) in [4.78, 5) is 10.6. The molecule has 7 heteroatoms. The van der Waals surface area contributed by atoms with Crippen molar-refractivity contribution in [2.75, 3.05) is 0 Å². The van der Waals surface area contributed by atoms with E-state index < -0.39 is 10.8 Å². The molecule has 0 heterocycles. The minimum atomic E-state index is -0.951. The fraction of sp³-hybridized carbons (Fsp3) is 0.0625. The van der Waals surface area contributed by atoms with Gasteiger partial charge in [0.25, 0.3) is 5.69 Å². The molecule has 0 saturated carbocycles. The summed E-state index contributed by atoms with van der Waals surface area (Å²) < 4.78 is 0. The molecule has 0 aromatic heterocycles. The fourth-order valence-electron chi connectivity index (χ4n) is 2.16. The van der Waals surface area contributed by atoms with Crippen LogP contribution in [0.5, 0.6) is 0 Å². The molecule has 1 atom stereocenters. The lowest BCUT2D eigenvalue weighted by Gasteiger charge is -2.11. The molecule has 0 N–H and O–H groups in total. The lowest BCUT2D eigenvalue weighted by Crippen LogP contribution is -2.05. The second-order valence-electron chi connectivity index (χ2n) is 4.55. The van der Waals surface area contributed by atoms with Crippen molar-refractivity contribution in [3.05, 3.63) is 73.8 Å². The molecular formula is C16H7ClN4O2. The third kappa shape index (κ3) is 3.11. The van der Waals surface area contributed by atoms with Gasteiger partial charge >= 0.3 is 0 Å². The molecule has 0 saturated heterocycles. The van der Waals surface area contributed by atoms with Gasteiger partial charge in [0.05, 0.1) is 27.7 Å². The average molecular weight is 323 g/mol. The largest absolute Gasteiger partial charge is 0.275 e. The highest BCUT2D eigenvalue weighted by Crippen LogP contribution is 2.34. The van der Waals surface area contributed by atoms with E-state index >= 15 is 0 Å². The molecule has 2 aromatic rings. The van der Waals surface area contributed by atoms with Gasteiger partial charge in [0.1, 0.15) is 18.1 Å². The Kier molecular flexibility index (Phi) is 4.57. The molecule has 1 unspecified atom stereocenters. The first kappa shape index (κ1) is 16.0. The summed E-state index contributed by atoms with van der Waals surface area (Å²) in [5.41, 5.74) is 0.0871. The van der Waals surface area contributed by atoms with Crippen molar-refractivity contribution in [3.8, 4) is 18.2 Å². The predicted molar refractivity (Wildman–Crippen MR) is 81.4 cm³/mol. The zero-order valence-electron chi connectivity index (χ0n) is 11.5. The van der Waals surface area contributed by atoms with Crippen molar-refractivity contribution >= 4 is 17.3 Å². The van der Waals surface area contributed by atoms with Gasteiger partial charge < -0.3 is 0 Å². The fourth-order valence-corrected chi connectivity index (χ4v) is 2.28. The Morgan fingerprint density at radius 3 is 2.09 bits per heavy atom. The molecule has 0 aliphatic rings. The van der Waals surface area contributed by atoms with E-state index in [1.807, 2.05) is 12.1 Å².